The Morgan fingerprint density at radius 1 is 1.00 bits per heavy atom. The van der Waals surface area contributed by atoms with Crippen LogP contribution in [0.1, 0.15) is 77.0 Å². The van der Waals surface area contributed by atoms with Crippen molar-refractivity contribution in [2.45, 2.75) is 83.1 Å². The molecular formula is C20H34N2O2. The summed E-state index contributed by atoms with van der Waals surface area (Å²) in [6.07, 6.45) is 13.9. The molecule has 2 amide bonds. The SMILES string of the molecule is CN(C(=O)[C@H]1CCC(=O)N(CC2CCCCC2)C1)C1CCCCC1. The maximum absolute atomic E-state index is 12.9. The number of piperidine rings is 1. The Morgan fingerprint density at radius 3 is 2.29 bits per heavy atom. The molecule has 0 unspecified atom stereocenters. The molecule has 0 aromatic heterocycles. The Morgan fingerprint density at radius 2 is 1.62 bits per heavy atom. The second-order valence-corrected chi connectivity index (χ2v) is 8.28. The van der Waals surface area contributed by atoms with Crippen LogP contribution in [0, 0.1) is 11.8 Å². The lowest BCUT2D eigenvalue weighted by molar-refractivity contribution is -0.144. The zero-order valence-electron chi connectivity index (χ0n) is 15.3. The monoisotopic (exact) mass is 334 g/mol. The van der Waals surface area contributed by atoms with Crippen molar-refractivity contribution < 1.29 is 9.59 Å². The smallest absolute Gasteiger partial charge is 0.227 e. The highest BCUT2D eigenvalue weighted by Crippen LogP contribution is 2.29. The molecule has 1 aliphatic heterocycles. The molecule has 0 spiro atoms. The molecule has 1 saturated heterocycles. The van der Waals surface area contributed by atoms with E-state index < -0.39 is 0 Å². The standard InChI is InChI=1S/C20H34N2O2/c1-21(18-10-6-3-7-11-18)20(24)17-12-13-19(23)22(15-17)14-16-8-4-2-5-9-16/h16-18H,2-15H2,1H3/t17-/m0/s1. The van der Waals surface area contributed by atoms with Crippen molar-refractivity contribution in [3.8, 4) is 0 Å². The van der Waals surface area contributed by atoms with Crippen LogP contribution < -0.4 is 0 Å². The molecule has 3 rings (SSSR count). The second kappa shape index (κ2) is 8.35. The molecule has 0 aromatic rings. The Kier molecular flexibility index (Phi) is 6.18. The first-order chi connectivity index (χ1) is 11.6. The summed E-state index contributed by atoms with van der Waals surface area (Å²) in [5.74, 6) is 1.24. The van der Waals surface area contributed by atoms with E-state index in [9.17, 15) is 9.59 Å². The van der Waals surface area contributed by atoms with Gasteiger partial charge in [0.2, 0.25) is 11.8 Å². The fourth-order valence-corrected chi connectivity index (χ4v) is 4.91. The summed E-state index contributed by atoms with van der Waals surface area (Å²) in [5, 5.41) is 0. The lowest BCUT2D eigenvalue weighted by atomic mass is 9.87. The molecule has 0 bridgehead atoms. The molecule has 2 saturated carbocycles. The zero-order valence-corrected chi connectivity index (χ0v) is 15.3. The van der Waals surface area contributed by atoms with Crippen molar-refractivity contribution in [2.75, 3.05) is 20.1 Å². The van der Waals surface area contributed by atoms with Crippen LogP contribution in [0.15, 0.2) is 0 Å². The summed E-state index contributed by atoms with van der Waals surface area (Å²) in [6.45, 7) is 1.54. The molecular weight excluding hydrogens is 300 g/mol. The van der Waals surface area contributed by atoms with Crippen LogP contribution in [-0.2, 0) is 9.59 Å². The molecule has 3 fully saturated rings. The molecule has 1 atom stereocenters. The van der Waals surface area contributed by atoms with E-state index in [2.05, 4.69) is 0 Å². The lowest BCUT2D eigenvalue weighted by Crippen LogP contribution is -2.49. The van der Waals surface area contributed by atoms with Gasteiger partial charge in [-0.3, -0.25) is 9.59 Å². The highest BCUT2D eigenvalue weighted by molar-refractivity contribution is 5.84. The largest absolute Gasteiger partial charge is 0.342 e. The van der Waals surface area contributed by atoms with E-state index in [1.54, 1.807) is 0 Å². The minimum atomic E-state index is 0.0261. The van der Waals surface area contributed by atoms with E-state index in [1.165, 1.54) is 51.4 Å². The fourth-order valence-electron chi connectivity index (χ4n) is 4.91. The molecule has 2 aliphatic carbocycles. The van der Waals surface area contributed by atoms with Gasteiger partial charge in [-0.05, 0) is 38.0 Å². The molecule has 4 nitrogen and oxygen atoms in total. The summed E-state index contributed by atoms with van der Waals surface area (Å²) in [7, 11) is 1.99. The van der Waals surface area contributed by atoms with Crippen molar-refractivity contribution in [2.24, 2.45) is 11.8 Å². The van der Waals surface area contributed by atoms with Gasteiger partial charge in [0.15, 0.2) is 0 Å². The van der Waals surface area contributed by atoms with E-state index in [0.717, 1.165) is 25.8 Å². The van der Waals surface area contributed by atoms with Gasteiger partial charge in [-0.1, -0.05) is 38.5 Å². The number of likely N-dealkylation sites (tertiary alicyclic amines) is 1. The first-order valence-corrected chi connectivity index (χ1v) is 10.2. The van der Waals surface area contributed by atoms with E-state index in [-0.39, 0.29) is 17.7 Å². The van der Waals surface area contributed by atoms with Crippen LogP contribution in [0.5, 0.6) is 0 Å². The van der Waals surface area contributed by atoms with Gasteiger partial charge in [0, 0.05) is 32.6 Å². The predicted octanol–water partition coefficient (Wildman–Crippen LogP) is 3.60. The molecule has 0 aromatic carbocycles. The molecule has 0 N–H and O–H groups in total. The summed E-state index contributed by atoms with van der Waals surface area (Å²) in [5.41, 5.74) is 0. The number of rotatable bonds is 4. The highest BCUT2D eigenvalue weighted by Gasteiger charge is 2.34. The number of carbonyl (C=O) groups is 2. The van der Waals surface area contributed by atoms with Crippen LogP contribution in [0.4, 0.5) is 0 Å². The van der Waals surface area contributed by atoms with Crippen molar-refractivity contribution in [1.82, 2.24) is 9.80 Å². The van der Waals surface area contributed by atoms with Crippen molar-refractivity contribution in [3.05, 3.63) is 0 Å². The maximum atomic E-state index is 12.9. The normalized spacial score (nSPS) is 27.3. The molecule has 3 aliphatic rings. The molecule has 4 heteroatoms. The molecule has 1 heterocycles. The van der Waals surface area contributed by atoms with E-state index in [0.29, 0.717) is 24.9 Å². The van der Waals surface area contributed by atoms with Gasteiger partial charge in [-0.15, -0.1) is 0 Å². The Bertz CT molecular complexity index is 439. The minimum absolute atomic E-state index is 0.0261. The average Bonchev–Trinajstić information content (AvgIpc) is 2.64. The average molecular weight is 335 g/mol. The summed E-state index contributed by atoms with van der Waals surface area (Å²) in [4.78, 5) is 29.3. The van der Waals surface area contributed by atoms with E-state index in [4.69, 9.17) is 0 Å². The van der Waals surface area contributed by atoms with Crippen molar-refractivity contribution in [1.29, 1.82) is 0 Å². The quantitative estimate of drug-likeness (QED) is 0.788. The molecule has 24 heavy (non-hydrogen) atoms. The number of amides is 2. The van der Waals surface area contributed by atoms with Gasteiger partial charge in [0.05, 0.1) is 5.92 Å². The Hall–Kier alpha value is -1.06. The molecule has 136 valence electrons. The van der Waals surface area contributed by atoms with Crippen molar-refractivity contribution in [3.63, 3.8) is 0 Å². The third kappa shape index (κ3) is 4.31. The Labute approximate surface area is 146 Å². The number of hydrogen-bond acceptors (Lipinski definition) is 2. The topological polar surface area (TPSA) is 40.6 Å². The minimum Gasteiger partial charge on any atom is -0.342 e. The van der Waals surface area contributed by atoms with Crippen LogP contribution >= 0.6 is 0 Å². The van der Waals surface area contributed by atoms with Gasteiger partial charge < -0.3 is 9.80 Å². The highest BCUT2D eigenvalue weighted by atomic mass is 16.2. The number of nitrogens with zero attached hydrogens (tertiary/aromatic N) is 2. The second-order valence-electron chi connectivity index (χ2n) is 8.28. The maximum Gasteiger partial charge on any atom is 0.227 e. The number of carbonyl (C=O) groups excluding carboxylic acids is 2. The van der Waals surface area contributed by atoms with E-state index >= 15 is 0 Å². The zero-order chi connectivity index (χ0) is 16.9. The lowest BCUT2D eigenvalue weighted by Gasteiger charge is -2.39. The number of hydrogen-bond donors (Lipinski definition) is 0. The predicted molar refractivity (Wildman–Crippen MR) is 95.5 cm³/mol. The van der Waals surface area contributed by atoms with Gasteiger partial charge in [0.25, 0.3) is 0 Å². The van der Waals surface area contributed by atoms with Gasteiger partial charge in [0.1, 0.15) is 0 Å². The van der Waals surface area contributed by atoms with Crippen molar-refractivity contribution >= 4 is 11.8 Å². The summed E-state index contributed by atoms with van der Waals surface area (Å²) >= 11 is 0. The fraction of sp³-hybridized carbons (Fsp3) is 0.900. The third-order valence-electron chi connectivity index (χ3n) is 6.52. The van der Waals surface area contributed by atoms with Gasteiger partial charge in [-0.2, -0.15) is 0 Å². The first kappa shape index (κ1) is 17.8. The summed E-state index contributed by atoms with van der Waals surface area (Å²) in [6, 6.07) is 0.427. The van der Waals surface area contributed by atoms with E-state index in [1.807, 2.05) is 16.8 Å². The van der Waals surface area contributed by atoms with Gasteiger partial charge >= 0.3 is 0 Å². The van der Waals surface area contributed by atoms with Crippen LogP contribution in [0.3, 0.4) is 0 Å². The molecule has 0 radical (unpaired) electrons. The van der Waals surface area contributed by atoms with Crippen LogP contribution in [0.25, 0.3) is 0 Å². The Balaban J connectivity index is 1.55. The van der Waals surface area contributed by atoms with Crippen LogP contribution in [-0.4, -0.2) is 47.8 Å². The third-order valence-corrected chi connectivity index (χ3v) is 6.52. The first-order valence-electron chi connectivity index (χ1n) is 10.2. The van der Waals surface area contributed by atoms with Crippen LogP contribution in [0.2, 0.25) is 0 Å². The van der Waals surface area contributed by atoms with Gasteiger partial charge in [-0.25, -0.2) is 0 Å². The summed E-state index contributed by atoms with van der Waals surface area (Å²) < 4.78 is 0.